The van der Waals surface area contributed by atoms with Crippen LogP contribution < -0.4 is 9.47 Å². The molecule has 0 radical (unpaired) electrons. The highest BCUT2D eigenvalue weighted by atomic mass is 16.5. The molecule has 2 nitrogen and oxygen atoms in total. The van der Waals surface area contributed by atoms with Crippen molar-refractivity contribution in [2.45, 2.75) is 38.5 Å². The Bertz CT molecular complexity index is 312. The third kappa shape index (κ3) is 3.95. The monoisotopic (exact) mass is 234 g/mol. The summed E-state index contributed by atoms with van der Waals surface area (Å²) in [4.78, 5) is 0. The van der Waals surface area contributed by atoms with Crippen molar-refractivity contribution >= 4 is 0 Å². The Balaban J connectivity index is 1.69. The molecule has 0 heterocycles. The van der Waals surface area contributed by atoms with Crippen molar-refractivity contribution < 1.29 is 9.47 Å². The lowest BCUT2D eigenvalue weighted by molar-refractivity contribution is 0.246. The van der Waals surface area contributed by atoms with Crippen molar-refractivity contribution in [2.75, 3.05) is 13.7 Å². The average Bonchev–Trinajstić information content (AvgIpc) is 2.41. The summed E-state index contributed by atoms with van der Waals surface area (Å²) >= 11 is 0. The first-order valence-electron chi connectivity index (χ1n) is 6.65. The molecule has 1 saturated carbocycles. The number of benzene rings is 1. The molecule has 1 aliphatic rings. The van der Waals surface area contributed by atoms with Gasteiger partial charge >= 0.3 is 0 Å². The van der Waals surface area contributed by atoms with Gasteiger partial charge < -0.3 is 9.47 Å². The van der Waals surface area contributed by atoms with Crippen LogP contribution in [0.3, 0.4) is 0 Å². The minimum absolute atomic E-state index is 0.844. The average molecular weight is 234 g/mol. The van der Waals surface area contributed by atoms with Gasteiger partial charge in [-0.25, -0.2) is 0 Å². The molecular formula is C15H22O2. The van der Waals surface area contributed by atoms with Crippen LogP contribution in [0.2, 0.25) is 0 Å². The zero-order chi connectivity index (χ0) is 11.9. The summed E-state index contributed by atoms with van der Waals surface area (Å²) in [5.74, 6) is 2.72. The van der Waals surface area contributed by atoms with Crippen LogP contribution >= 0.6 is 0 Å². The van der Waals surface area contributed by atoms with Gasteiger partial charge in [-0.05, 0) is 36.6 Å². The summed E-state index contributed by atoms with van der Waals surface area (Å²) in [6.45, 7) is 0.844. The van der Waals surface area contributed by atoms with Crippen LogP contribution in [0.15, 0.2) is 24.3 Å². The van der Waals surface area contributed by atoms with Crippen LogP contribution in [0.25, 0.3) is 0 Å². The zero-order valence-corrected chi connectivity index (χ0v) is 10.7. The Labute approximate surface area is 104 Å². The molecule has 94 valence electrons. The lowest BCUT2D eigenvalue weighted by Crippen LogP contribution is -2.10. The molecule has 17 heavy (non-hydrogen) atoms. The summed E-state index contributed by atoms with van der Waals surface area (Å²) in [6, 6.07) is 7.82. The van der Waals surface area contributed by atoms with Crippen LogP contribution in [0.1, 0.15) is 38.5 Å². The SMILES string of the molecule is COc1ccc(OCCC2CCCCC2)cc1. The molecule has 0 N–H and O–H groups in total. The predicted molar refractivity (Wildman–Crippen MR) is 69.7 cm³/mol. The maximum Gasteiger partial charge on any atom is 0.119 e. The zero-order valence-electron chi connectivity index (χ0n) is 10.7. The number of ether oxygens (including phenoxy) is 2. The van der Waals surface area contributed by atoms with E-state index < -0.39 is 0 Å². The Morgan fingerprint density at radius 3 is 2.29 bits per heavy atom. The van der Waals surface area contributed by atoms with Crippen molar-refractivity contribution in [1.29, 1.82) is 0 Å². The fourth-order valence-corrected chi connectivity index (χ4v) is 2.49. The summed E-state index contributed by atoms with van der Waals surface area (Å²) in [5, 5.41) is 0. The maximum atomic E-state index is 5.75. The lowest BCUT2D eigenvalue weighted by atomic mass is 9.87. The van der Waals surface area contributed by atoms with Crippen LogP contribution in [0, 0.1) is 5.92 Å². The van der Waals surface area contributed by atoms with E-state index in [1.54, 1.807) is 7.11 Å². The van der Waals surface area contributed by atoms with E-state index in [1.807, 2.05) is 24.3 Å². The minimum atomic E-state index is 0.844. The van der Waals surface area contributed by atoms with Crippen LogP contribution in [-0.4, -0.2) is 13.7 Å². The third-order valence-electron chi connectivity index (χ3n) is 3.58. The van der Waals surface area contributed by atoms with Gasteiger partial charge in [-0.15, -0.1) is 0 Å². The van der Waals surface area contributed by atoms with Gasteiger partial charge in [0.15, 0.2) is 0 Å². The quantitative estimate of drug-likeness (QED) is 0.765. The van der Waals surface area contributed by atoms with Gasteiger partial charge in [0.1, 0.15) is 11.5 Å². The largest absolute Gasteiger partial charge is 0.497 e. The first kappa shape index (κ1) is 12.3. The third-order valence-corrected chi connectivity index (χ3v) is 3.58. The summed E-state index contributed by atoms with van der Waals surface area (Å²) in [6.07, 6.45) is 8.24. The van der Waals surface area contributed by atoms with E-state index in [-0.39, 0.29) is 0 Å². The molecule has 1 fully saturated rings. The van der Waals surface area contributed by atoms with Gasteiger partial charge in [-0.2, -0.15) is 0 Å². The van der Waals surface area contributed by atoms with E-state index >= 15 is 0 Å². The Kier molecular flexibility index (Phi) is 4.72. The standard InChI is InChI=1S/C15H22O2/c1-16-14-7-9-15(10-8-14)17-12-11-13-5-3-2-4-6-13/h7-10,13H,2-6,11-12H2,1H3. The van der Waals surface area contributed by atoms with Gasteiger partial charge in [0.25, 0.3) is 0 Å². The lowest BCUT2D eigenvalue weighted by Gasteiger charge is -2.21. The van der Waals surface area contributed by atoms with Gasteiger partial charge in [-0.3, -0.25) is 0 Å². The van der Waals surface area contributed by atoms with Crippen LogP contribution in [0.4, 0.5) is 0 Å². The molecular weight excluding hydrogens is 212 g/mol. The van der Waals surface area contributed by atoms with Gasteiger partial charge in [-0.1, -0.05) is 32.1 Å². The summed E-state index contributed by atoms with van der Waals surface area (Å²) in [7, 11) is 1.68. The normalized spacial score (nSPS) is 16.8. The number of rotatable bonds is 5. The first-order valence-corrected chi connectivity index (χ1v) is 6.65. The van der Waals surface area contributed by atoms with Gasteiger partial charge in [0.2, 0.25) is 0 Å². The van der Waals surface area contributed by atoms with E-state index in [1.165, 1.54) is 38.5 Å². The number of methoxy groups -OCH3 is 1. The molecule has 1 aromatic carbocycles. The molecule has 0 spiro atoms. The fraction of sp³-hybridized carbons (Fsp3) is 0.600. The maximum absolute atomic E-state index is 5.75. The van der Waals surface area contributed by atoms with E-state index in [0.29, 0.717) is 0 Å². The molecule has 2 heteroatoms. The molecule has 0 aromatic heterocycles. The summed E-state index contributed by atoms with van der Waals surface area (Å²) < 4.78 is 10.9. The molecule has 0 unspecified atom stereocenters. The summed E-state index contributed by atoms with van der Waals surface area (Å²) in [5.41, 5.74) is 0. The fourth-order valence-electron chi connectivity index (χ4n) is 2.49. The van der Waals surface area contributed by atoms with Crippen LogP contribution in [-0.2, 0) is 0 Å². The van der Waals surface area contributed by atoms with Gasteiger partial charge in [0.05, 0.1) is 13.7 Å². The molecule has 0 atom stereocenters. The molecule has 0 saturated heterocycles. The van der Waals surface area contributed by atoms with Crippen molar-refractivity contribution in [3.05, 3.63) is 24.3 Å². The highest BCUT2D eigenvalue weighted by Gasteiger charge is 2.12. The Hall–Kier alpha value is -1.18. The molecule has 2 rings (SSSR count). The highest BCUT2D eigenvalue weighted by molar-refractivity contribution is 5.31. The second-order valence-corrected chi connectivity index (χ2v) is 4.82. The Morgan fingerprint density at radius 1 is 1.00 bits per heavy atom. The smallest absolute Gasteiger partial charge is 0.119 e. The second kappa shape index (κ2) is 6.53. The number of hydrogen-bond donors (Lipinski definition) is 0. The van der Waals surface area contributed by atoms with E-state index in [4.69, 9.17) is 9.47 Å². The highest BCUT2D eigenvalue weighted by Crippen LogP contribution is 2.26. The van der Waals surface area contributed by atoms with Crippen molar-refractivity contribution in [2.24, 2.45) is 5.92 Å². The molecule has 1 aromatic rings. The van der Waals surface area contributed by atoms with Crippen molar-refractivity contribution in [3.8, 4) is 11.5 Å². The Morgan fingerprint density at radius 2 is 1.65 bits per heavy atom. The van der Waals surface area contributed by atoms with E-state index in [0.717, 1.165) is 24.0 Å². The van der Waals surface area contributed by atoms with Gasteiger partial charge in [0, 0.05) is 0 Å². The van der Waals surface area contributed by atoms with Crippen molar-refractivity contribution in [1.82, 2.24) is 0 Å². The minimum Gasteiger partial charge on any atom is -0.497 e. The molecule has 0 amide bonds. The first-order chi connectivity index (χ1) is 8.38. The topological polar surface area (TPSA) is 18.5 Å². The number of hydrogen-bond acceptors (Lipinski definition) is 2. The molecule has 0 aliphatic heterocycles. The van der Waals surface area contributed by atoms with E-state index in [9.17, 15) is 0 Å². The second-order valence-electron chi connectivity index (χ2n) is 4.82. The van der Waals surface area contributed by atoms with E-state index in [2.05, 4.69) is 0 Å². The predicted octanol–water partition coefficient (Wildman–Crippen LogP) is 4.04. The van der Waals surface area contributed by atoms with Crippen molar-refractivity contribution in [3.63, 3.8) is 0 Å². The molecule has 0 bridgehead atoms. The molecule has 1 aliphatic carbocycles. The van der Waals surface area contributed by atoms with Crippen LogP contribution in [0.5, 0.6) is 11.5 Å².